The standard InChI is InChI=1S/C8H17NO2.ClH/c1-7(2,10)8(11)3-5-9-6-4-8;/h9-11H,3-6H2,1-2H3;1H. The molecule has 1 saturated heterocycles. The number of halogens is 1. The maximum atomic E-state index is 9.92. The van der Waals surface area contributed by atoms with E-state index in [-0.39, 0.29) is 12.4 Å². The van der Waals surface area contributed by atoms with Crippen molar-refractivity contribution < 1.29 is 10.2 Å². The lowest BCUT2D eigenvalue weighted by atomic mass is 9.79. The Morgan fingerprint density at radius 3 is 1.92 bits per heavy atom. The van der Waals surface area contributed by atoms with Gasteiger partial charge in [0.2, 0.25) is 0 Å². The van der Waals surface area contributed by atoms with E-state index < -0.39 is 11.2 Å². The van der Waals surface area contributed by atoms with E-state index in [1.165, 1.54) is 0 Å². The molecule has 3 N–H and O–H groups in total. The maximum absolute atomic E-state index is 9.92. The lowest BCUT2D eigenvalue weighted by molar-refractivity contribution is -0.144. The fourth-order valence-corrected chi connectivity index (χ4v) is 1.45. The monoisotopic (exact) mass is 195 g/mol. The minimum absolute atomic E-state index is 0. The Bertz CT molecular complexity index is 138. The summed E-state index contributed by atoms with van der Waals surface area (Å²) >= 11 is 0. The highest BCUT2D eigenvalue weighted by Crippen LogP contribution is 2.29. The van der Waals surface area contributed by atoms with Crippen molar-refractivity contribution in [2.24, 2.45) is 0 Å². The van der Waals surface area contributed by atoms with Crippen LogP contribution in [0.1, 0.15) is 26.7 Å². The van der Waals surface area contributed by atoms with Crippen LogP contribution in [0.2, 0.25) is 0 Å². The van der Waals surface area contributed by atoms with Crippen LogP contribution in [0.3, 0.4) is 0 Å². The van der Waals surface area contributed by atoms with E-state index in [9.17, 15) is 10.2 Å². The third-order valence-corrected chi connectivity index (χ3v) is 2.57. The van der Waals surface area contributed by atoms with Crippen LogP contribution in [0.25, 0.3) is 0 Å². The molecule has 1 heterocycles. The Balaban J connectivity index is 0.00000121. The third-order valence-electron chi connectivity index (χ3n) is 2.57. The van der Waals surface area contributed by atoms with Crippen LogP contribution in [-0.4, -0.2) is 34.5 Å². The van der Waals surface area contributed by atoms with Crippen LogP contribution in [0.5, 0.6) is 0 Å². The largest absolute Gasteiger partial charge is 0.387 e. The molecule has 1 aliphatic rings. The molecule has 0 aromatic carbocycles. The zero-order chi connectivity index (χ0) is 8.54. The van der Waals surface area contributed by atoms with Gasteiger partial charge in [-0.3, -0.25) is 0 Å². The first kappa shape index (κ1) is 12.2. The number of piperidine rings is 1. The maximum Gasteiger partial charge on any atom is 0.0952 e. The molecule has 0 atom stereocenters. The Kier molecular flexibility index (Phi) is 3.97. The first-order valence-corrected chi connectivity index (χ1v) is 4.11. The molecule has 0 unspecified atom stereocenters. The Labute approximate surface area is 79.6 Å². The first-order chi connectivity index (χ1) is 4.96. The molecule has 1 aliphatic heterocycles. The molecule has 4 heteroatoms. The molecule has 0 bridgehead atoms. The van der Waals surface area contributed by atoms with E-state index >= 15 is 0 Å². The van der Waals surface area contributed by atoms with Gasteiger partial charge in [-0.25, -0.2) is 0 Å². The second-order valence-corrected chi connectivity index (χ2v) is 3.84. The number of rotatable bonds is 1. The second kappa shape index (κ2) is 3.92. The summed E-state index contributed by atoms with van der Waals surface area (Å²) in [5.41, 5.74) is -1.87. The minimum atomic E-state index is -0.977. The van der Waals surface area contributed by atoms with E-state index in [1.807, 2.05) is 0 Å². The zero-order valence-corrected chi connectivity index (χ0v) is 8.45. The van der Waals surface area contributed by atoms with E-state index in [1.54, 1.807) is 13.8 Å². The van der Waals surface area contributed by atoms with Gasteiger partial charge in [-0.15, -0.1) is 12.4 Å². The fourth-order valence-electron chi connectivity index (χ4n) is 1.45. The molecule has 74 valence electrons. The molecule has 0 radical (unpaired) electrons. The molecule has 0 spiro atoms. The minimum Gasteiger partial charge on any atom is -0.387 e. The normalized spacial score (nSPS) is 23.0. The van der Waals surface area contributed by atoms with Crippen LogP contribution < -0.4 is 5.32 Å². The lowest BCUT2D eigenvalue weighted by Gasteiger charge is -2.41. The molecule has 3 nitrogen and oxygen atoms in total. The summed E-state index contributed by atoms with van der Waals surface area (Å²) in [5, 5.41) is 22.7. The number of nitrogens with one attached hydrogen (secondary N) is 1. The van der Waals surface area contributed by atoms with Crippen molar-refractivity contribution in [2.45, 2.75) is 37.9 Å². The van der Waals surface area contributed by atoms with Crippen molar-refractivity contribution in [3.05, 3.63) is 0 Å². The lowest BCUT2D eigenvalue weighted by Crippen LogP contribution is -2.55. The molecule has 0 saturated carbocycles. The Morgan fingerprint density at radius 2 is 1.67 bits per heavy atom. The van der Waals surface area contributed by atoms with Gasteiger partial charge in [0.25, 0.3) is 0 Å². The molecular formula is C8H18ClNO2. The molecule has 0 aliphatic carbocycles. The van der Waals surface area contributed by atoms with Crippen LogP contribution in [0, 0.1) is 0 Å². The van der Waals surface area contributed by atoms with Gasteiger partial charge in [-0.2, -0.15) is 0 Å². The summed E-state index contributed by atoms with van der Waals surface area (Å²) < 4.78 is 0. The van der Waals surface area contributed by atoms with Gasteiger partial charge in [-0.05, 0) is 39.8 Å². The predicted octanol–water partition coefficient (Wildman–Crippen LogP) is 0.294. The van der Waals surface area contributed by atoms with Gasteiger partial charge in [-0.1, -0.05) is 0 Å². The Hall–Kier alpha value is 0.170. The molecule has 0 aromatic heterocycles. The zero-order valence-electron chi connectivity index (χ0n) is 7.63. The molecule has 1 rings (SSSR count). The van der Waals surface area contributed by atoms with E-state index in [4.69, 9.17) is 0 Å². The number of hydrogen-bond acceptors (Lipinski definition) is 3. The highest BCUT2D eigenvalue weighted by atomic mass is 35.5. The summed E-state index contributed by atoms with van der Waals surface area (Å²) in [5.74, 6) is 0. The topological polar surface area (TPSA) is 52.5 Å². The van der Waals surface area contributed by atoms with Gasteiger partial charge in [0.05, 0.1) is 11.2 Å². The van der Waals surface area contributed by atoms with Gasteiger partial charge >= 0.3 is 0 Å². The highest BCUT2D eigenvalue weighted by Gasteiger charge is 2.42. The van der Waals surface area contributed by atoms with Gasteiger partial charge in [0.15, 0.2) is 0 Å². The van der Waals surface area contributed by atoms with Crippen LogP contribution in [0.4, 0.5) is 0 Å². The fraction of sp³-hybridized carbons (Fsp3) is 1.00. The number of aliphatic hydroxyl groups is 2. The van der Waals surface area contributed by atoms with E-state index in [0.29, 0.717) is 12.8 Å². The van der Waals surface area contributed by atoms with Crippen molar-refractivity contribution in [1.82, 2.24) is 5.32 Å². The molecule has 12 heavy (non-hydrogen) atoms. The average molecular weight is 196 g/mol. The van der Waals surface area contributed by atoms with E-state index in [2.05, 4.69) is 5.32 Å². The van der Waals surface area contributed by atoms with Crippen LogP contribution >= 0.6 is 12.4 Å². The molecule has 1 fully saturated rings. The SMILES string of the molecule is CC(C)(O)C1(O)CCNCC1.Cl. The third kappa shape index (κ3) is 2.33. The summed E-state index contributed by atoms with van der Waals surface area (Å²) in [7, 11) is 0. The smallest absolute Gasteiger partial charge is 0.0952 e. The molecule has 0 aromatic rings. The molecule has 0 amide bonds. The van der Waals surface area contributed by atoms with Crippen molar-refractivity contribution in [2.75, 3.05) is 13.1 Å². The average Bonchev–Trinajstić information content (AvgIpc) is 1.87. The first-order valence-electron chi connectivity index (χ1n) is 4.11. The van der Waals surface area contributed by atoms with E-state index in [0.717, 1.165) is 13.1 Å². The van der Waals surface area contributed by atoms with Gasteiger partial charge in [0, 0.05) is 0 Å². The van der Waals surface area contributed by atoms with Gasteiger partial charge < -0.3 is 15.5 Å². The van der Waals surface area contributed by atoms with Crippen LogP contribution in [0.15, 0.2) is 0 Å². The quantitative estimate of drug-likeness (QED) is 0.564. The summed E-state index contributed by atoms with van der Waals surface area (Å²) in [6, 6.07) is 0. The summed E-state index contributed by atoms with van der Waals surface area (Å²) in [6.45, 7) is 4.91. The van der Waals surface area contributed by atoms with Crippen molar-refractivity contribution in [3.63, 3.8) is 0 Å². The second-order valence-electron chi connectivity index (χ2n) is 3.84. The molecular weight excluding hydrogens is 178 g/mol. The summed E-state index contributed by atoms with van der Waals surface area (Å²) in [4.78, 5) is 0. The highest BCUT2D eigenvalue weighted by molar-refractivity contribution is 5.85. The Morgan fingerprint density at radius 1 is 1.25 bits per heavy atom. The summed E-state index contributed by atoms with van der Waals surface area (Å²) in [6.07, 6.45) is 1.27. The van der Waals surface area contributed by atoms with Crippen LogP contribution in [-0.2, 0) is 0 Å². The van der Waals surface area contributed by atoms with Crippen molar-refractivity contribution >= 4 is 12.4 Å². The van der Waals surface area contributed by atoms with Crippen molar-refractivity contribution in [1.29, 1.82) is 0 Å². The predicted molar refractivity (Wildman–Crippen MR) is 50.6 cm³/mol. The van der Waals surface area contributed by atoms with Gasteiger partial charge in [0.1, 0.15) is 0 Å². The number of hydrogen-bond donors (Lipinski definition) is 3. The van der Waals surface area contributed by atoms with Crippen molar-refractivity contribution in [3.8, 4) is 0 Å².